The lowest BCUT2D eigenvalue weighted by Crippen LogP contribution is -2.30. The Balaban J connectivity index is 2.14. The van der Waals surface area contributed by atoms with Crippen molar-refractivity contribution in [3.05, 3.63) is 30.5 Å². The predicted molar refractivity (Wildman–Crippen MR) is 81.8 cm³/mol. The van der Waals surface area contributed by atoms with Crippen LogP contribution < -0.4 is 10.2 Å². The summed E-state index contributed by atoms with van der Waals surface area (Å²) in [7, 11) is 2.00. The van der Waals surface area contributed by atoms with Gasteiger partial charge in [-0.25, -0.2) is 0 Å². The first-order valence-corrected chi connectivity index (χ1v) is 7.07. The van der Waals surface area contributed by atoms with Crippen molar-refractivity contribution in [2.45, 2.75) is 20.3 Å². The summed E-state index contributed by atoms with van der Waals surface area (Å²) in [6.07, 6.45) is 2.91. The van der Waals surface area contributed by atoms with Gasteiger partial charge in [-0.15, -0.1) is 0 Å². The zero-order chi connectivity index (χ0) is 13.7. The van der Waals surface area contributed by atoms with Gasteiger partial charge in [0.05, 0.1) is 6.26 Å². The molecule has 0 radical (unpaired) electrons. The molecule has 0 aliphatic heterocycles. The van der Waals surface area contributed by atoms with Crippen LogP contribution in [-0.4, -0.2) is 26.7 Å². The molecule has 0 bridgehead atoms. The molecule has 1 N–H and O–H groups in total. The van der Waals surface area contributed by atoms with Gasteiger partial charge in [0.2, 0.25) is 0 Å². The lowest BCUT2D eigenvalue weighted by molar-refractivity contribution is 0.591. The van der Waals surface area contributed by atoms with Gasteiger partial charge in [-0.05, 0) is 50.2 Å². The maximum absolute atomic E-state index is 5.40. The van der Waals surface area contributed by atoms with E-state index in [1.807, 2.05) is 13.1 Å². The number of fused-ring (bicyclic) bond motifs is 1. The summed E-state index contributed by atoms with van der Waals surface area (Å²) in [5.41, 5.74) is 2.25. The van der Waals surface area contributed by atoms with Crippen molar-refractivity contribution in [3.63, 3.8) is 0 Å². The van der Waals surface area contributed by atoms with Crippen molar-refractivity contribution in [2.24, 2.45) is 5.92 Å². The van der Waals surface area contributed by atoms with E-state index in [1.54, 1.807) is 6.26 Å². The van der Waals surface area contributed by atoms with Crippen molar-refractivity contribution in [3.8, 4) is 0 Å². The summed E-state index contributed by atoms with van der Waals surface area (Å²) in [5.74, 6) is 0.662. The summed E-state index contributed by atoms with van der Waals surface area (Å²) >= 11 is 0. The van der Waals surface area contributed by atoms with Gasteiger partial charge in [-0.3, -0.25) is 0 Å². The quantitative estimate of drug-likeness (QED) is 0.772. The topological polar surface area (TPSA) is 28.4 Å². The molecule has 0 amide bonds. The van der Waals surface area contributed by atoms with Crippen LogP contribution in [0.3, 0.4) is 0 Å². The Kier molecular flexibility index (Phi) is 4.86. The van der Waals surface area contributed by atoms with Crippen LogP contribution in [0.1, 0.15) is 20.3 Å². The van der Waals surface area contributed by atoms with Gasteiger partial charge in [0.25, 0.3) is 0 Å². The Bertz CT molecular complexity index is 504. The van der Waals surface area contributed by atoms with Gasteiger partial charge in [0.1, 0.15) is 5.58 Å². The van der Waals surface area contributed by atoms with Gasteiger partial charge in [-0.1, -0.05) is 13.8 Å². The number of benzene rings is 1. The Labute approximate surface area is 115 Å². The second-order valence-corrected chi connectivity index (χ2v) is 5.44. The van der Waals surface area contributed by atoms with Crippen LogP contribution in [0.2, 0.25) is 0 Å². The normalized spacial score (nSPS) is 11.4. The lowest BCUT2D eigenvalue weighted by Gasteiger charge is -2.27. The summed E-state index contributed by atoms with van der Waals surface area (Å²) < 4.78 is 5.40. The number of nitrogens with one attached hydrogen (secondary N) is 1. The van der Waals surface area contributed by atoms with Crippen molar-refractivity contribution < 1.29 is 4.42 Å². The fourth-order valence-corrected chi connectivity index (χ4v) is 2.36. The molecule has 104 valence electrons. The third kappa shape index (κ3) is 3.74. The number of anilines is 1. The van der Waals surface area contributed by atoms with E-state index in [1.165, 1.54) is 11.1 Å². The van der Waals surface area contributed by atoms with Crippen molar-refractivity contribution in [1.82, 2.24) is 5.32 Å². The van der Waals surface area contributed by atoms with Crippen LogP contribution in [0.5, 0.6) is 0 Å². The van der Waals surface area contributed by atoms with Gasteiger partial charge in [0.15, 0.2) is 0 Å². The SMILES string of the molecule is CNCCCN(CC(C)C)c1ccc2occc2c1. The molecule has 0 atom stereocenters. The highest BCUT2D eigenvalue weighted by Crippen LogP contribution is 2.23. The van der Waals surface area contributed by atoms with Crippen LogP contribution in [0.4, 0.5) is 5.69 Å². The van der Waals surface area contributed by atoms with Crippen LogP contribution in [-0.2, 0) is 0 Å². The van der Waals surface area contributed by atoms with Crippen molar-refractivity contribution in [1.29, 1.82) is 0 Å². The van der Waals surface area contributed by atoms with Gasteiger partial charge in [0, 0.05) is 24.2 Å². The molecule has 0 saturated heterocycles. The second-order valence-electron chi connectivity index (χ2n) is 5.44. The fourth-order valence-electron chi connectivity index (χ4n) is 2.36. The Morgan fingerprint density at radius 1 is 1.26 bits per heavy atom. The monoisotopic (exact) mass is 260 g/mol. The zero-order valence-electron chi connectivity index (χ0n) is 12.1. The molecule has 0 spiro atoms. The van der Waals surface area contributed by atoms with E-state index >= 15 is 0 Å². The molecule has 2 rings (SSSR count). The molecule has 0 aliphatic rings. The summed E-state index contributed by atoms with van der Waals surface area (Å²) in [5, 5.41) is 4.39. The van der Waals surface area contributed by atoms with Crippen LogP contribution in [0.15, 0.2) is 34.9 Å². The summed E-state index contributed by atoms with van der Waals surface area (Å²) in [6.45, 7) is 7.76. The zero-order valence-corrected chi connectivity index (χ0v) is 12.1. The minimum Gasteiger partial charge on any atom is -0.464 e. The first kappa shape index (κ1) is 13.9. The van der Waals surface area contributed by atoms with E-state index in [9.17, 15) is 0 Å². The molecule has 0 fully saturated rings. The van der Waals surface area contributed by atoms with E-state index in [0.29, 0.717) is 5.92 Å². The number of hydrogen-bond donors (Lipinski definition) is 1. The molecule has 1 aromatic carbocycles. The molecule has 1 aromatic heterocycles. The Morgan fingerprint density at radius 3 is 2.84 bits per heavy atom. The van der Waals surface area contributed by atoms with Gasteiger partial charge in [-0.2, -0.15) is 0 Å². The average Bonchev–Trinajstić information content (AvgIpc) is 2.84. The predicted octanol–water partition coefficient (Wildman–Crippen LogP) is 3.50. The molecule has 3 heteroatoms. The highest BCUT2D eigenvalue weighted by atomic mass is 16.3. The third-order valence-electron chi connectivity index (χ3n) is 3.24. The molecule has 0 saturated carbocycles. The van der Waals surface area contributed by atoms with Gasteiger partial charge < -0.3 is 14.6 Å². The molecule has 19 heavy (non-hydrogen) atoms. The Hall–Kier alpha value is -1.48. The average molecular weight is 260 g/mol. The first-order valence-electron chi connectivity index (χ1n) is 7.07. The molecular weight excluding hydrogens is 236 g/mol. The highest BCUT2D eigenvalue weighted by molar-refractivity contribution is 5.81. The van der Waals surface area contributed by atoms with Gasteiger partial charge >= 0.3 is 0 Å². The smallest absolute Gasteiger partial charge is 0.133 e. The van der Waals surface area contributed by atoms with Crippen molar-refractivity contribution in [2.75, 3.05) is 31.6 Å². The van der Waals surface area contributed by atoms with E-state index < -0.39 is 0 Å². The first-order chi connectivity index (χ1) is 9.20. The fraction of sp³-hybridized carbons (Fsp3) is 0.500. The lowest BCUT2D eigenvalue weighted by atomic mass is 10.1. The Morgan fingerprint density at radius 2 is 2.11 bits per heavy atom. The molecule has 0 unspecified atom stereocenters. The number of nitrogens with zero attached hydrogens (tertiary/aromatic N) is 1. The maximum atomic E-state index is 5.40. The third-order valence-corrected chi connectivity index (χ3v) is 3.24. The summed E-state index contributed by atoms with van der Waals surface area (Å²) in [6, 6.07) is 8.48. The minimum atomic E-state index is 0.662. The largest absolute Gasteiger partial charge is 0.464 e. The standard InChI is InChI=1S/C16H24N2O/c1-13(2)12-18(9-4-8-17-3)15-5-6-16-14(11-15)7-10-19-16/h5-7,10-11,13,17H,4,8-9,12H2,1-3H3. The molecule has 2 aromatic rings. The van der Waals surface area contributed by atoms with Crippen LogP contribution in [0.25, 0.3) is 11.0 Å². The molecular formula is C16H24N2O. The van der Waals surface area contributed by atoms with Crippen LogP contribution in [0, 0.1) is 5.92 Å². The molecule has 3 nitrogen and oxygen atoms in total. The molecule has 1 heterocycles. The van der Waals surface area contributed by atoms with E-state index in [4.69, 9.17) is 4.42 Å². The maximum Gasteiger partial charge on any atom is 0.133 e. The summed E-state index contributed by atoms with van der Waals surface area (Å²) in [4.78, 5) is 2.47. The van der Waals surface area contributed by atoms with E-state index in [-0.39, 0.29) is 0 Å². The number of furan rings is 1. The number of hydrogen-bond acceptors (Lipinski definition) is 3. The minimum absolute atomic E-state index is 0.662. The molecule has 0 aliphatic carbocycles. The second kappa shape index (κ2) is 6.62. The van der Waals surface area contributed by atoms with E-state index in [2.05, 4.69) is 42.3 Å². The van der Waals surface area contributed by atoms with Crippen molar-refractivity contribution >= 4 is 16.7 Å². The highest BCUT2D eigenvalue weighted by Gasteiger charge is 2.09. The number of rotatable bonds is 7. The van der Waals surface area contributed by atoms with E-state index in [0.717, 1.165) is 31.6 Å². The van der Waals surface area contributed by atoms with Crippen LogP contribution >= 0.6 is 0 Å².